The van der Waals surface area contributed by atoms with Gasteiger partial charge in [0.15, 0.2) is 0 Å². The van der Waals surface area contributed by atoms with Crippen molar-refractivity contribution in [2.24, 2.45) is 17.8 Å². The van der Waals surface area contributed by atoms with Crippen LogP contribution in [-0.4, -0.2) is 130 Å². The average molecular weight is 804 g/mol. The Morgan fingerprint density at radius 3 is 2.09 bits per heavy atom. The maximum atomic E-state index is 14.2. The van der Waals surface area contributed by atoms with E-state index < -0.39 is 89.0 Å². The van der Waals surface area contributed by atoms with Crippen molar-refractivity contribution < 1.29 is 43.2 Å². The lowest BCUT2D eigenvalue weighted by atomic mass is 9.94. The topological polar surface area (TPSA) is 238 Å². The summed E-state index contributed by atoms with van der Waals surface area (Å²) in [5.41, 5.74) is 0. The van der Waals surface area contributed by atoms with Gasteiger partial charge in [0.2, 0.25) is 29.5 Å². The molecule has 8 atom stereocenters. The number of likely N-dealkylation sites (N-methyl/N-ethyl adjacent to an activating group) is 1. The van der Waals surface area contributed by atoms with Gasteiger partial charge in [-0.15, -0.1) is 0 Å². The molecule has 310 valence electrons. The number of amides is 7. The average Bonchev–Trinajstić information content (AvgIpc) is 3.08. The molecule has 16 nitrogen and oxygen atoms in total. The second kappa shape index (κ2) is 25.0. The first-order valence-corrected chi connectivity index (χ1v) is 22.0. The van der Waals surface area contributed by atoms with Gasteiger partial charge in [-0.1, -0.05) is 59.1 Å². The Morgan fingerprint density at radius 2 is 1.54 bits per heavy atom. The molecule has 7 N–H and O–H groups in total. The van der Waals surface area contributed by atoms with E-state index in [-0.39, 0.29) is 62.2 Å². The molecule has 0 spiro atoms. The summed E-state index contributed by atoms with van der Waals surface area (Å²) in [6, 6.07) is -7.43. The molecule has 1 aliphatic rings. The minimum Gasteiger partial charge on any atom is -0.617 e. The second-order valence-corrected chi connectivity index (χ2v) is 17.5. The van der Waals surface area contributed by atoms with Crippen molar-refractivity contribution in [1.29, 1.82) is 0 Å². The third-order valence-electron chi connectivity index (χ3n) is 9.26. The number of hydrogen-bond acceptors (Lipinski definition) is 9. The van der Waals surface area contributed by atoms with E-state index >= 15 is 0 Å². The fraction of sp³-hybridized carbons (Fsp3) is 0.806. The van der Waals surface area contributed by atoms with E-state index in [9.17, 15) is 43.2 Å². The van der Waals surface area contributed by atoms with Crippen molar-refractivity contribution in [3.63, 3.8) is 0 Å². The van der Waals surface area contributed by atoms with Gasteiger partial charge in [-0.2, -0.15) is 11.8 Å². The number of aliphatic carboxylic acids is 1. The maximum absolute atomic E-state index is 14.2. The summed E-state index contributed by atoms with van der Waals surface area (Å²) >= 11 is 0.204. The summed E-state index contributed by atoms with van der Waals surface area (Å²) in [6.07, 6.45) is 5.33. The quantitative estimate of drug-likeness (QED) is 0.117. The molecule has 0 saturated carbocycles. The zero-order chi connectivity index (χ0) is 41.1. The first-order chi connectivity index (χ1) is 25.3. The molecule has 1 fully saturated rings. The van der Waals surface area contributed by atoms with Crippen LogP contribution in [0.1, 0.15) is 92.9 Å². The number of thioether (sulfide) groups is 1. The number of nitrogens with one attached hydrogen (secondary N) is 6. The smallest absolute Gasteiger partial charge is 0.326 e. The normalized spacial score (nSPS) is 24.6. The molecule has 18 heteroatoms. The highest BCUT2D eigenvalue weighted by atomic mass is 32.2. The highest BCUT2D eigenvalue weighted by Crippen LogP contribution is 2.19. The predicted octanol–water partition coefficient (Wildman–Crippen LogP) is 1.35. The van der Waals surface area contributed by atoms with Crippen molar-refractivity contribution in [2.75, 3.05) is 37.6 Å². The van der Waals surface area contributed by atoms with Gasteiger partial charge >= 0.3 is 12.0 Å². The van der Waals surface area contributed by atoms with Gasteiger partial charge in [-0.25, -0.2) is 9.59 Å². The largest absolute Gasteiger partial charge is 0.617 e. The van der Waals surface area contributed by atoms with E-state index in [0.717, 1.165) is 0 Å². The van der Waals surface area contributed by atoms with Crippen molar-refractivity contribution in [2.45, 2.75) is 129 Å². The molecule has 0 radical (unpaired) electrons. The molecule has 0 aliphatic carbocycles. The van der Waals surface area contributed by atoms with Crippen LogP contribution in [0.15, 0.2) is 0 Å². The third-order valence-corrected chi connectivity index (χ3v) is 10.7. The molecule has 0 aromatic carbocycles. The first-order valence-electron chi connectivity index (χ1n) is 18.9. The van der Waals surface area contributed by atoms with Gasteiger partial charge in [0, 0.05) is 20.0 Å². The second-order valence-electron chi connectivity index (χ2n) is 14.9. The standard InChI is InChI=1S/C36H65N7O9S2/c1-10-23(6)29-33(47)39-26(15-18-54(9)52)30(44)37-16-12-11-13-24(41-36(51)42-28(35(49)50)20-22(4)5)31(45)38-25(14-17-53-8)32(46)40-27(19-21(2)3)34(48)43(29)7/h21-29H,10-20H2,1-9H3,(H,37,44)(H,38,45)(H,39,47)(H,40,46)(H,49,50)(H2,41,42,51)/t23?,24-,25+,26+,27+,28+,29?,54?/m1/s1. The Morgan fingerprint density at radius 1 is 0.926 bits per heavy atom. The summed E-state index contributed by atoms with van der Waals surface area (Å²) in [5, 5.41) is 25.8. The Kier molecular flexibility index (Phi) is 22.6. The van der Waals surface area contributed by atoms with Crippen LogP contribution in [0.2, 0.25) is 0 Å². The Bertz CT molecular complexity index is 1260. The molecular weight excluding hydrogens is 739 g/mol. The maximum Gasteiger partial charge on any atom is 0.326 e. The van der Waals surface area contributed by atoms with Gasteiger partial charge < -0.3 is 46.5 Å². The molecule has 1 rings (SSSR count). The van der Waals surface area contributed by atoms with E-state index in [2.05, 4.69) is 31.9 Å². The molecule has 1 saturated heterocycles. The zero-order valence-corrected chi connectivity index (χ0v) is 35.1. The van der Waals surface area contributed by atoms with Gasteiger partial charge in [0.05, 0.1) is 6.26 Å². The minimum atomic E-state index is -1.25. The number of rotatable bonds is 15. The third kappa shape index (κ3) is 17.5. The molecule has 3 unspecified atom stereocenters. The van der Waals surface area contributed by atoms with E-state index in [0.29, 0.717) is 25.0 Å². The van der Waals surface area contributed by atoms with E-state index in [4.69, 9.17) is 0 Å². The molecule has 54 heavy (non-hydrogen) atoms. The van der Waals surface area contributed by atoms with Crippen LogP contribution in [0, 0.1) is 17.8 Å². The SMILES string of the molecule is CCC(C)C1C(=O)N[C@@H](CC[S+](C)[O-])C(=O)NCCCC[C@@H](NC(=O)N[C@@H](CC(C)C)C(=O)O)C(=O)N[C@@H](CCSC)C(=O)N[C@@H](CC(C)C)C(=O)N1C. The first kappa shape index (κ1) is 48.8. The van der Waals surface area contributed by atoms with E-state index in [1.807, 2.05) is 47.8 Å². The fourth-order valence-corrected chi connectivity index (χ4v) is 7.14. The van der Waals surface area contributed by atoms with Crippen LogP contribution in [0.25, 0.3) is 0 Å². The number of hydrogen-bond donors (Lipinski definition) is 7. The highest BCUT2D eigenvalue weighted by molar-refractivity contribution is 7.98. The van der Waals surface area contributed by atoms with Crippen LogP contribution in [-0.2, 0) is 39.9 Å². The number of carboxylic acids is 1. The Labute approximate surface area is 328 Å². The number of carboxylic acid groups (broad SMARTS) is 1. The zero-order valence-electron chi connectivity index (χ0n) is 33.5. The minimum absolute atomic E-state index is 0.0368. The van der Waals surface area contributed by atoms with Crippen LogP contribution >= 0.6 is 11.8 Å². The molecule has 1 heterocycles. The summed E-state index contributed by atoms with van der Waals surface area (Å²) < 4.78 is 12.0. The molecule has 0 bridgehead atoms. The van der Waals surface area contributed by atoms with Crippen molar-refractivity contribution in [1.82, 2.24) is 36.8 Å². The molecule has 0 aromatic rings. The molecular formula is C36H65N7O9S2. The van der Waals surface area contributed by atoms with Crippen molar-refractivity contribution in [3.05, 3.63) is 0 Å². The van der Waals surface area contributed by atoms with E-state index in [1.54, 1.807) is 0 Å². The number of nitrogens with zero attached hydrogens (tertiary/aromatic N) is 1. The van der Waals surface area contributed by atoms with E-state index in [1.165, 1.54) is 30.0 Å². The predicted molar refractivity (Wildman–Crippen MR) is 211 cm³/mol. The monoisotopic (exact) mass is 803 g/mol. The summed E-state index contributed by atoms with van der Waals surface area (Å²) in [7, 11) is 1.49. The van der Waals surface area contributed by atoms with Crippen LogP contribution in [0.3, 0.4) is 0 Å². The van der Waals surface area contributed by atoms with Crippen LogP contribution in [0.5, 0.6) is 0 Å². The van der Waals surface area contributed by atoms with Crippen LogP contribution < -0.4 is 31.9 Å². The van der Waals surface area contributed by atoms with Crippen molar-refractivity contribution >= 4 is 64.5 Å². The molecule has 0 aromatic heterocycles. The van der Waals surface area contributed by atoms with Crippen molar-refractivity contribution in [3.8, 4) is 0 Å². The molecule has 1 aliphatic heterocycles. The van der Waals surface area contributed by atoms with Gasteiger partial charge in [0.1, 0.15) is 42.0 Å². The lowest BCUT2D eigenvalue weighted by Crippen LogP contribution is -2.61. The summed E-state index contributed by atoms with van der Waals surface area (Å²) in [5.74, 6) is -3.87. The molecule has 7 amide bonds. The van der Waals surface area contributed by atoms with Gasteiger partial charge in [-0.3, -0.25) is 24.0 Å². The summed E-state index contributed by atoms with van der Waals surface area (Å²) in [4.78, 5) is 95.4. The number of carbonyl (C=O) groups is 7. The lowest BCUT2D eigenvalue weighted by Gasteiger charge is -2.35. The van der Waals surface area contributed by atoms with Gasteiger partial charge in [-0.05, 0) is 68.3 Å². The number of urea groups is 1. The Hall–Kier alpha value is -3.25. The number of carbonyl (C=O) groups excluding carboxylic acids is 6. The Balaban J connectivity index is 3.64. The lowest BCUT2D eigenvalue weighted by molar-refractivity contribution is -0.144. The highest BCUT2D eigenvalue weighted by Gasteiger charge is 2.38. The fourth-order valence-electron chi connectivity index (χ4n) is 6.10. The van der Waals surface area contributed by atoms with Crippen LogP contribution in [0.4, 0.5) is 4.79 Å². The van der Waals surface area contributed by atoms with Gasteiger partial charge in [0.25, 0.3) is 0 Å². The summed E-state index contributed by atoms with van der Waals surface area (Å²) in [6.45, 7) is 11.3.